The van der Waals surface area contributed by atoms with Crippen LogP contribution in [-0.4, -0.2) is 32.4 Å². The zero-order chi connectivity index (χ0) is 18.4. The Kier molecular flexibility index (Phi) is 5.43. The fourth-order valence-corrected chi connectivity index (χ4v) is 2.86. The molecule has 0 spiro atoms. The van der Waals surface area contributed by atoms with E-state index in [1.807, 2.05) is 30.3 Å². The normalized spacial score (nSPS) is 11.7. The molecule has 3 aromatic rings. The Morgan fingerprint density at radius 2 is 1.85 bits per heavy atom. The van der Waals surface area contributed by atoms with Crippen LogP contribution in [0.2, 0.25) is 0 Å². The number of benzene rings is 2. The molecule has 1 atom stereocenters. The van der Waals surface area contributed by atoms with Crippen molar-refractivity contribution in [2.75, 3.05) is 0 Å². The van der Waals surface area contributed by atoms with Gasteiger partial charge in [-0.2, -0.15) is 0 Å². The number of imidazole rings is 1. The highest BCUT2D eigenvalue weighted by Gasteiger charge is 2.27. The molecule has 0 bridgehead atoms. The minimum Gasteiger partial charge on any atom is -0.465 e. The van der Waals surface area contributed by atoms with Crippen molar-refractivity contribution in [1.29, 1.82) is 0 Å². The summed E-state index contributed by atoms with van der Waals surface area (Å²) in [6, 6.07) is 16.2. The van der Waals surface area contributed by atoms with Crippen molar-refractivity contribution in [3.8, 4) is 0 Å². The van der Waals surface area contributed by atoms with Gasteiger partial charge in [-0.3, -0.25) is 9.69 Å². The van der Waals surface area contributed by atoms with E-state index in [0.29, 0.717) is 17.8 Å². The van der Waals surface area contributed by atoms with Gasteiger partial charge in [0.1, 0.15) is 12.1 Å². The number of carbonyl (C=O) groups excluding carboxylic acids is 1. The lowest BCUT2D eigenvalue weighted by Crippen LogP contribution is -2.35. The second-order valence-corrected chi connectivity index (χ2v) is 5.95. The van der Waals surface area contributed by atoms with Crippen LogP contribution in [0, 0.1) is 0 Å². The minimum atomic E-state index is -1.03. The van der Waals surface area contributed by atoms with Crippen molar-refractivity contribution in [3.63, 3.8) is 0 Å². The molecule has 26 heavy (non-hydrogen) atoms. The molecule has 0 aliphatic heterocycles. The molecule has 3 rings (SSSR count). The lowest BCUT2D eigenvalue weighted by atomic mass is 10.0. The van der Waals surface area contributed by atoms with Crippen molar-refractivity contribution in [2.45, 2.75) is 19.0 Å². The maximum Gasteiger partial charge on any atom is 0.408 e. The molecule has 1 unspecified atom stereocenters. The highest BCUT2D eigenvalue weighted by atomic mass is 16.4. The highest BCUT2D eigenvalue weighted by molar-refractivity contribution is 5.74. The van der Waals surface area contributed by atoms with Crippen molar-refractivity contribution < 1.29 is 14.7 Å². The molecule has 0 aliphatic carbocycles. The fraction of sp³-hybridized carbons (Fsp3) is 0.150. The number of aromatic nitrogens is 2. The Labute approximate surface area is 151 Å². The molecule has 0 saturated heterocycles. The molecule has 0 aliphatic rings. The average molecular weight is 349 g/mol. The summed E-state index contributed by atoms with van der Waals surface area (Å²) in [5.41, 5.74) is 2.39. The first kappa shape index (κ1) is 17.4. The van der Waals surface area contributed by atoms with Crippen LogP contribution in [0.15, 0.2) is 67.0 Å². The predicted molar refractivity (Wildman–Crippen MR) is 96.9 cm³/mol. The summed E-state index contributed by atoms with van der Waals surface area (Å²) in [5.74, 6) is 0.598. The van der Waals surface area contributed by atoms with Crippen LogP contribution in [-0.2, 0) is 13.0 Å². The molecule has 132 valence electrons. The Morgan fingerprint density at radius 1 is 1.12 bits per heavy atom. The smallest absolute Gasteiger partial charge is 0.408 e. The molecule has 1 heterocycles. The first-order valence-corrected chi connectivity index (χ1v) is 8.24. The number of aromatic amines is 1. The van der Waals surface area contributed by atoms with E-state index in [9.17, 15) is 14.7 Å². The van der Waals surface area contributed by atoms with Crippen LogP contribution < -0.4 is 0 Å². The maximum atomic E-state index is 12.0. The molecule has 1 amide bonds. The standard InChI is InChI=1S/C20H19N3O3/c24-14-17-8-6-16(7-9-17)13-23(20(25)26)18(19-21-10-11-22-19)12-15-4-2-1-3-5-15/h1-11,14,18H,12-13H2,(H,21,22)(H,25,26). The summed E-state index contributed by atoms with van der Waals surface area (Å²) < 4.78 is 0. The summed E-state index contributed by atoms with van der Waals surface area (Å²) >= 11 is 0. The van der Waals surface area contributed by atoms with E-state index in [-0.39, 0.29) is 6.54 Å². The van der Waals surface area contributed by atoms with E-state index in [2.05, 4.69) is 9.97 Å². The minimum absolute atomic E-state index is 0.201. The van der Waals surface area contributed by atoms with Gasteiger partial charge in [0.15, 0.2) is 0 Å². The topological polar surface area (TPSA) is 86.3 Å². The Bertz CT molecular complexity index is 846. The van der Waals surface area contributed by atoms with Crippen LogP contribution in [0.1, 0.15) is 33.4 Å². The lowest BCUT2D eigenvalue weighted by Gasteiger charge is -2.28. The summed E-state index contributed by atoms with van der Waals surface area (Å²) in [5, 5.41) is 9.81. The molecule has 0 saturated carbocycles. The molecule has 0 fully saturated rings. The number of H-pyrrole nitrogens is 1. The third-order valence-corrected chi connectivity index (χ3v) is 4.20. The number of nitrogens with zero attached hydrogens (tertiary/aromatic N) is 2. The molecule has 0 radical (unpaired) electrons. The van der Waals surface area contributed by atoms with Crippen LogP contribution in [0.5, 0.6) is 0 Å². The highest BCUT2D eigenvalue weighted by Crippen LogP contribution is 2.25. The maximum absolute atomic E-state index is 12.0. The summed E-state index contributed by atoms with van der Waals surface area (Å²) in [4.78, 5) is 31.5. The number of carbonyl (C=O) groups is 2. The van der Waals surface area contributed by atoms with Crippen molar-refractivity contribution in [3.05, 3.63) is 89.5 Å². The van der Waals surface area contributed by atoms with E-state index in [4.69, 9.17) is 0 Å². The summed E-state index contributed by atoms with van der Waals surface area (Å²) in [7, 11) is 0. The van der Waals surface area contributed by atoms with Gasteiger partial charge in [-0.05, 0) is 11.1 Å². The number of hydrogen-bond donors (Lipinski definition) is 2. The van der Waals surface area contributed by atoms with Gasteiger partial charge < -0.3 is 10.1 Å². The van der Waals surface area contributed by atoms with Gasteiger partial charge >= 0.3 is 6.09 Å². The molecular weight excluding hydrogens is 330 g/mol. The molecule has 2 aromatic carbocycles. The van der Waals surface area contributed by atoms with Gasteiger partial charge in [-0.15, -0.1) is 0 Å². The average Bonchev–Trinajstić information content (AvgIpc) is 3.20. The number of aldehydes is 1. The summed E-state index contributed by atoms with van der Waals surface area (Å²) in [6.45, 7) is 0.201. The van der Waals surface area contributed by atoms with E-state index in [0.717, 1.165) is 17.4 Å². The Morgan fingerprint density at radius 3 is 2.42 bits per heavy atom. The van der Waals surface area contributed by atoms with Crippen LogP contribution in [0.25, 0.3) is 0 Å². The van der Waals surface area contributed by atoms with Crippen molar-refractivity contribution >= 4 is 12.4 Å². The van der Waals surface area contributed by atoms with E-state index in [1.54, 1.807) is 36.7 Å². The second kappa shape index (κ2) is 8.11. The zero-order valence-corrected chi connectivity index (χ0v) is 14.1. The van der Waals surface area contributed by atoms with Crippen LogP contribution in [0.3, 0.4) is 0 Å². The van der Waals surface area contributed by atoms with Crippen LogP contribution >= 0.6 is 0 Å². The van der Waals surface area contributed by atoms with Gasteiger partial charge in [0.05, 0.1) is 6.04 Å². The Hall–Kier alpha value is -3.41. The van der Waals surface area contributed by atoms with E-state index < -0.39 is 12.1 Å². The Balaban J connectivity index is 1.89. The number of amides is 1. The number of hydrogen-bond acceptors (Lipinski definition) is 3. The third kappa shape index (κ3) is 4.16. The first-order chi connectivity index (χ1) is 12.7. The summed E-state index contributed by atoms with van der Waals surface area (Å²) in [6.07, 6.45) is 3.55. The largest absolute Gasteiger partial charge is 0.465 e. The van der Waals surface area contributed by atoms with Crippen LogP contribution in [0.4, 0.5) is 4.79 Å². The third-order valence-electron chi connectivity index (χ3n) is 4.20. The second-order valence-electron chi connectivity index (χ2n) is 5.95. The van der Waals surface area contributed by atoms with E-state index in [1.165, 1.54) is 4.90 Å². The molecule has 6 nitrogen and oxygen atoms in total. The molecular formula is C20H19N3O3. The fourth-order valence-electron chi connectivity index (χ4n) is 2.86. The van der Waals surface area contributed by atoms with Gasteiger partial charge in [0.2, 0.25) is 0 Å². The van der Waals surface area contributed by atoms with Gasteiger partial charge in [0, 0.05) is 30.9 Å². The van der Waals surface area contributed by atoms with Gasteiger partial charge in [-0.1, -0.05) is 54.6 Å². The molecule has 1 aromatic heterocycles. The molecule has 6 heteroatoms. The van der Waals surface area contributed by atoms with Crippen molar-refractivity contribution in [2.24, 2.45) is 0 Å². The monoisotopic (exact) mass is 349 g/mol. The predicted octanol–water partition coefficient (Wildman–Crippen LogP) is 3.69. The van der Waals surface area contributed by atoms with Gasteiger partial charge in [0.25, 0.3) is 0 Å². The number of rotatable bonds is 7. The number of nitrogens with one attached hydrogen (secondary N) is 1. The first-order valence-electron chi connectivity index (χ1n) is 8.24. The lowest BCUT2D eigenvalue weighted by molar-refractivity contribution is 0.112. The van der Waals surface area contributed by atoms with Gasteiger partial charge in [-0.25, -0.2) is 9.78 Å². The SMILES string of the molecule is O=Cc1ccc(CN(C(=O)O)C(Cc2ccccc2)c2ncc[nH]2)cc1. The zero-order valence-electron chi connectivity index (χ0n) is 14.1. The van der Waals surface area contributed by atoms with E-state index >= 15 is 0 Å². The quantitative estimate of drug-likeness (QED) is 0.637. The van der Waals surface area contributed by atoms with Crippen molar-refractivity contribution in [1.82, 2.24) is 14.9 Å². The molecule has 2 N–H and O–H groups in total. The number of carboxylic acid groups (broad SMARTS) is 1.